The van der Waals surface area contributed by atoms with Gasteiger partial charge in [-0.3, -0.25) is 4.18 Å². The molecule has 0 saturated heterocycles. The Kier molecular flexibility index (Phi) is 4.45. The zero-order valence-electron chi connectivity index (χ0n) is 10.5. The van der Waals surface area contributed by atoms with Crippen LogP contribution in [0, 0.1) is 0 Å². The van der Waals surface area contributed by atoms with Crippen LogP contribution in [0.3, 0.4) is 0 Å². The summed E-state index contributed by atoms with van der Waals surface area (Å²) in [6.07, 6.45) is 3.24. The number of aliphatic hydroxyl groups is 1. The monoisotopic (exact) mass is 305 g/mol. The molecule has 1 fully saturated rings. The van der Waals surface area contributed by atoms with Gasteiger partial charge < -0.3 is 5.11 Å². The number of pyridine rings is 1. The minimum Gasteiger partial charge on any atom is -0.392 e. The van der Waals surface area contributed by atoms with Crippen LogP contribution < -0.4 is 0 Å². The standard InChI is InChI=1S/C12H16ClNO4S/c1-19(16,17)18-9-3-4-11(15)10(6-9)8-2-5-12(13)14-7-8/h2,5,7,9-11,15H,3-4,6H2,1H3/t9-,10-,11+/m0/s1. The maximum atomic E-state index is 11.2. The van der Waals surface area contributed by atoms with Crippen molar-refractivity contribution in [2.45, 2.75) is 37.4 Å². The molecule has 0 aliphatic heterocycles. The Balaban J connectivity index is 2.12. The van der Waals surface area contributed by atoms with E-state index in [4.69, 9.17) is 15.8 Å². The van der Waals surface area contributed by atoms with E-state index in [1.54, 1.807) is 18.3 Å². The van der Waals surface area contributed by atoms with Crippen molar-refractivity contribution in [2.75, 3.05) is 6.26 Å². The van der Waals surface area contributed by atoms with Gasteiger partial charge in [-0.15, -0.1) is 0 Å². The lowest BCUT2D eigenvalue weighted by molar-refractivity contribution is 0.0498. The maximum Gasteiger partial charge on any atom is 0.264 e. The van der Waals surface area contributed by atoms with E-state index in [-0.39, 0.29) is 12.0 Å². The molecule has 0 aromatic carbocycles. The molecule has 5 nitrogen and oxygen atoms in total. The molecule has 0 spiro atoms. The average Bonchev–Trinajstić information content (AvgIpc) is 2.31. The van der Waals surface area contributed by atoms with Crippen molar-refractivity contribution < 1.29 is 17.7 Å². The van der Waals surface area contributed by atoms with Gasteiger partial charge in [-0.05, 0) is 30.9 Å². The smallest absolute Gasteiger partial charge is 0.264 e. The van der Waals surface area contributed by atoms with Gasteiger partial charge in [0, 0.05) is 12.1 Å². The van der Waals surface area contributed by atoms with Crippen LogP contribution in [0.2, 0.25) is 5.15 Å². The molecule has 0 bridgehead atoms. The molecule has 1 aliphatic carbocycles. The minimum atomic E-state index is -3.47. The number of hydrogen-bond donors (Lipinski definition) is 1. The summed E-state index contributed by atoms with van der Waals surface area (Å²) in [6.45, 7) is 0. The summed E-state index contributed by atoms with van der Waals surface area (Å²) in [5, 5.41) is 10.4. The molecule has 1 aliphatic rings. The summed E-state index contributed by atoms with van der Waals surface area (Å²) in [6, 6.07) is 3.46. The molecule has 0 radical (unpaired) electrons. The van der Waals surface area contributed by atoms with E-state index in [0.29, 0.717) is 24.4 Å². The molecule has 3 atom stereocenters. The van der Waals surface area contributed by atoms with Crippen molar-refractivity contribution in [3.8, 4) is 0 Å². The fourth-order valence-electron chi connectivity index (χ4n) is 2.42. The normalized spacial score (nSPS) is 28.3. The SMILES string of the molecule is CS(=O)(=O)O[C@H]1CC[C@@H](O)[C@H](c2ccc(Cl)nc2)C1. The van der Waals surface area contributed by atoms with Crippen molar-refractivity contribution in [1.29, 1.82) is 0 Å². The average molecular weight is 306 g/mol. The van der Waals surface area contributed by atoms with Gasteiger partial charge in [-0.2, -0.15) is 8.42 Å². The van der Waals surface area contributed by atoms with Crippen LogP contribution in [0.25, 0.3) is 0 Å². The maximum absolute atomic E-state index is 11.2. The lowest BCUT2D eigenvalue weighted by atomic mass is 9.81. The van der Waals surface area contributed by atoms with E-state index in [1.807, 2.05) is 0 Å². The second-order valence-corrected chi connectivity index (χ2v) is 6.81. The zero-order valence-corrected chi connectivity index (χ0v) is 12.1. The number of aliphatic hydroxyl groups excluding tert-OH is 1. The molecule has 0 unspecified atom stereocenters. The van der Waals surface area contributed by atoms with Crippen molar-refractivity contribution in [1.82, 2.24) is 4.98 Å². The Morgan fingerprint density at radius 2 is 2.16 bits per heavy atom. The third-order valence-corrected chi connectivity index (χ3v) is 4.10. The lowest BCUT2D eigenvalue weighted by Crippen LogP contribution is -2.32. The highest BCUT2D eigenvalue weighted by Gasteiger charge is 2.32. The molecule has 1 saturated carbocycles. The van der Waals surface area contributed by atoms with Gasteiger partial charge in [0.1, 0.15) is 5.15 Å². The van der Waals surface area contributed by atoms with Crippen LogP contribution in [0.15, 0.2) is 18.3 Å². The topological polar surface area (TPSA) is 76.5 Å². The highest BCUT2D eigenvalue weighted by Crippen LogP contribution is 2.35. The van der Waals surface area contributed by atoms with Crippen molar-refractivity contribution in [2.24, 2.45) is 0 Å². The molecule has 7 heteroatoms. The first-order valence-corrected chi connectivity index (χ1v) is 8.22. The number of aromatic nitrogens is 1. The molecule has 1 aromatic heterocycles. The van der Waals surface area contributed by atoms with E-state index in [1.165, 1.54) is 0 Å². The summed E-state index contributed by atoms with van der Waals surface area (Å²) in [4.78, 5) is 3.98. The van der Waals surface area contributed by atoms with Gasteiger partial charge in [0.25, 0.3) is 10.1 Å². The third kappa shape index (κ3) is 4.14. The molecule has 1 aromatic rings. The fraction of sp³-hybridized carbons (Fsp3) is 0.583. The Labute approximate surface area is 117 Å². The summed E-state index contributed by atoms with van der Waals surface area (Å²) in [7, 11) is -3.47. The molecule has 19 heavy (non-hydrogen) atoms. The Hall–Kier alpha value is -0.690. The number of hydrogen-bond acceptors (Lipinski definition) is 5. The quantitative estimate of drug-likeness (QED) is 0.679. The zero-order chi connectivity index (χ0) is 14.0. The Morgan fingerprint density at radius 3 is 2.74 bits per heavy atom. The van der Waals surface area contributed by atoms with Crippen molar-refractivity contribution >= 4 is 21.7 Å². The van der Waals surface area contributed by atoms with Gasteiger partial charge in [-0.1, -0.05) is 17.7 Å². The number of rotatable bonds is 3. The summed E-state index contributed by atoms with van der Waals surface area (Å²) in [5.74, 6) is -0.176. The van der Waals surface area contributed by atoms with E-state index in [9.17, 15) is 13.5 Å². The van der Waals surface area contributed by atoms with Crippen LogP contribution in [-0.2, 0) is 14.3 Å². The second kappa shape index (κ2) is 5.75. The molecular weight excluding hydrogens is 290 g/mol. The number of halogens is 1. The van der Waals surface area contributed by atoms with Crippen LogP contribution in [0.5, 0.6) is 0 Å². The fourth-order valence-corrected chi connectivity index (χ4v) is 3.20. The van der Waals surface area contributed by atoms with E-state index in [0.717, 1.165) is 11.8 Å². The predicted octanol–water partition coefficient (Wildman–Crippen LogP) is 1.71. The van der Waals surface area contributed by atoms with E-state index in [2.05, 4.69) is 4.98 Å². The van der Waals surface area contributed by atoms with Crippen molar-refractivity contribution in [3.05, 3.63) is 29.0 Å². The van der Waals surface area contributed by atoms with Crippen LogP contribution >= 0.6 is 11.6 Å². The summed E-state index contributed by atoms with van der Waals surface area (Å²) >= 11 is 5.73. The summed E-state index contributed by atoms with van der Waals surface area (Å²) in [5.41, 5.74) is 0.846. The first-order chi connectivity index (χ1) is 8.85. The molecule has 0 amide bonds. The van der Waals surface area contributed by atoms with Gasteiger partial charge >= 0.3 is 0 Å². The first kappa shape index (κ1) is 14.7. The Bertz CT molecular complexity index is 531. The third-order valence-electron chi connectivity index (χ3n) is 3.25. The number of nitrogens with zero attached hydrogens (tertiary/aromatic N) is 1. The highest BCUT2D eigenvalue weighted by molar-refractivity contribution is 7.86. The molecule has 1 heterocycles. The highest BCUT2D eigenvalue weighted by atomic mass is 35.5. The van der Waals surface area contributed by atoms with Gasteiger partial charge in [0.05, 0.1) is 18.5 Å². The largest absolute Gasteiger partial charge is 0.392 e. The molecular formula is C12H16ClNO4S. The molecule has 2 rings (SSSR count). The summed E-state index contributed by atoms with van der Waals surface area (Å²) < 4.78 is 27.3. The van der Waals surface area contributed by atoms with Crippen molar-refractivity contribution in [3.63, 3.8) is 0 Å². The van der Waals surface area contributed by atoms with E-state index < -0.39 is 16.2 Å². The van der Waals surface area contributed by atoms with Crippen LogP contribution in [-0.4, -0.2) is 37.0 Å². The van der Waals surface area contributed by atoms with Crippen LogP contribution in [0.4, 0.5) is 0 Å². The molecule has 106 valence electrons. The van der Waals surface area contributed by atoms with Gasteiger partial charge in [-0.25, -0.2) is 4.98 Å². The van der Waals surface area contributed by atoms with Gasteiger partial charge in [0.2, 0.25) is 0 Å². The minimum absolute atomic E-state index is 0.176. The molecule has 1 N–H and O–H groups in total. The Morgan fingerprint density at radius 1 is 1.42 bits per heavy atom. The lowest BCUT2D eigenvalue weighted by Gasteiger charge is -2.32. The predicted molar refractivity (Wildman–Crippen MR) is 71.6 cm³/mol. The second-order valence-electron chi connectivity index (χ2n) is 4.82. The van der Waals surface area contributed by atoms with Gasteiger partial charge in [0.15, 0.2) is 0 Å². The van der Waals surface area contributed by atoms with E-state index >= 15 is 0 Å². The first-order valence-electron chi connectivity index (χ1n) is 6.03. The van der Waals surface area contributed by atoms with Crippen LogP contribution in [0.1, 0.15) is 30.7 Å².